The van der Waals surface area contributed by atoms with Crippen LogP contribution in [0.3, 0.4) is 0 Å². The van der Waals surface area contributed by atoms with E-state index in [2.05, 4.69) is 24.5 Å². The Morgan fingerprint density at radius 2 is 1.92 bits per heavy atom. The van der Waals surface area contributed by atoms with Gasteiger partial charge in [-0.25, -0.2) is 0 Å². The van der Waals surface area contributed by atoms with Gasteiger partial charge in [-0.3, -0.25) is 4.79 Å². The van der Waals surface area contributed by atoms with Gasteiger partial charge in [0, 0.05) is 12.1 Å². The predicted molar refractivity (Wildman–Crippen MR) is 102 cm³/mol. The summed E-state index contributed by atoms with van der Waals surface area (Å²) >= 11 is 0. The van der Waals surface area contributed by atoms with E-state index in [1.165, 1.54) is 12.8 Å². The first-order valence-corrected chi connectivity index (χ1v) is 8.87. The second kappa shape index (κ2) is 11.3. The molecule has 0 aliphatic carbocycles. The highest BCUT2D eigenvalue weighted by atomic mass is 35.5. The van der Waals surface area contributed by atoms with Crippen molar-refractivity contribution in [3.8, 4) is 5.75 Å². The number of ether oxygens (including phenoxy) is 1. The molecule has 0 unspecified atom stereocenters. The fourth-order valence-electron chi connectivity index (χ4n) is 2.78. The number of carbonyl (C=O) groups excluding carboxylic acids is 1. The van der Waals surface area contributed by atoms with Crippen LogP contribution in [0.4, 0.5) is 5.69 Å². The first-order valence-electron chi connectivity index (χ1n) is 8.87. The number of piperidine rings is 1. The molecule has 0 saturated carbocycles. The van der Waals surface area contributed by atoms with Crippen molar-refractivity contribution in [3.63, 3.8) is 0 Å². The van der Waals surface area contributed by atoms with E-state index in [-0.39, 0.29) is 18.3 Å². The van der Waals surface area contributed by atoms with Gasteiger partial charge in [-0.05, 0) is 74.9 Å². The predicted octanol–water partition coefficient (Wildman–Crippen LogP) is 4.25. The maximum absolute atomic E-state index is 12.0. The summed E-state index contributed by atoms with van der Waals surface area (Å²) in [4.78, 5) is 12.0. The number of carbonyl (C=O) groups is 1. The Morgan fingerprint density at radius 1 is 1.25 bits per heavy atom. The fourth-order valence-corrected chi connectivity index (χ4v) is 2.78. The molecule has 0 bridgehead atoms. The zero-order valence-corrected chi connectivity index (χ0v) is 15.7. The smallest absolute Gasteiger partial charge is 0.224 e. The Morgan fingerprint density at radius 3 is 2.54 bits per heavy atom. The van der Waals surface area contributed by atoms with Crippen molar-refractivity contribution in [2.24, 2.45) is 11.8 Å². The Labute approximate surface area is 152 Å². The lowest BCUT2D eigenvalue weighted by Gasteiger charge is -2.22. The van der Waals surface area contributed by atoms with Crippen molar-refractivity contribution >= 4 is 24.0 Å². The molecule has 1 fully saturated rings. The highest BCUT2D eigenvalue weighted by molar-refractivity contribution is 5.90. The van der Waals surface area contributed by atoms with E-state index < -0.39 is 0 Å². The van der Waals surface area contributed by atoms with Crippen LogP contribution in [-0.2, 0) is 4.79 Å². The zero-order valence-electron chi connectivity index (χ0n) is 14.8. The third kappa shape index (κ3) is 8.02. The maximum atomic E-state index is 12.0. The lowest BCUT2D eigenvalue weighted by molar-refractivity contribution is -0.116. The van der Waals surface area contributed by atoms with Gasteiger partial charge in [0.25, 0.3) is 0 Å². The molecule has 5 heteroatoms. The van der Waals surface area contributed by atoms with Crippen LogP contribution in [0.2, 0.25) is 0 Å². The molecule has 1 amide bonds. The average molecular weight is 355 g/mol. The van der Waals surface area contributed by atoms with Crippen molar-refractivity contribution in [1.29, 1.82) is 0 Å². The molecule has 4 nitrogen and oxygen atoms in total. The van der Waals surface area contributed by atoms with Gasteiger partial charge >= 0.3 is 0 Å². The van der Waals surface area contributed by atoms with Gasteiger partial charge in [0.05, 0.1) is 6.61 Å². The van der Waals surface area contributed by atoms with Crippen LogP contribution < -0.4 is 15.4 Å². The number of anilines is 1. The summed E-state index contributed by atoms with van der Waals surface area (Å²) in [5.74, 6) is 2.31. The summed E-state index contributed by atoms with van der Waals surface area (Å²) in [6.07, 6.45) is 5.03. The number of hydrogen-bond acceptors (Lipinski definition) is 3. The van der Waals surface area contributed by atoms with Crippen LogP contribution in [0.1, 0.15) is 46.0 Å². The van der Waals surface area contributed by atoms with Crippen molar-refractivity contribution < 1.29 is 9.53 Å². The summed E-state index contributed by atoms with van der Waals surface area (Å²) in [6, 6.07) is 7.66. The van der Waals surface area contributed by atoms with Crippen LogP contribution in [0.25, 0.3) is 0 Å². The molecule has 1 aromatic carbocycles. The van der Waals surface area contributed by atoms with E-state index in [0.717, 1.165) is 44.0 Å². The normalized spacial score (nSPS) is 15.0. The molecule has 136 valence electrons. The molecule has 1 aromatic rings. The quantitative estimate of drug-likeness (QED) is 0.733. The molecule has 1 saturated heterocycles. The van der Waals surface area contributed by atoms with Crippen LogP contribution in [0.5, 0.6) is 5.75 Å². The highest BCUT2D eigenvalue weighted by Gasteiger charge is 2.14. The highest BCUT2D eigenvalue weighted by Crippen LogP contribution is 2.19. The molecule has 1 heterocycles. The van der Waals surface area contributed by atoms with Gasteiger partial charge in [0.15, 0.2) is 0 Å². The number of rotatable bonds is 8. The Bertz CT molecular complexity index is 471. The van der Waals surface area contributed by atoms with Gasteiger partial charge in [0.2, 0.25) is 5.91 Å². The molecule has 2 N–H and O–H groups in total. The van der Waals surface area contributed by atoms with Gasteiger partial charge in [-0.2, -0.15) is 0 Å². The minimum atomic E-state index is 0. The molecule has 2 rings (SSSR count). The summed E-state index contributed by atoms with van der Waals surface area (Å²) in [5, 5.41) is 6.33. The molecular formula is C19H31ClN2O2. The van der Waals surface area contributed by atoms with Crippen LogP contribution in [0.15, 0.2) is 24.3 Å². The van der Waals surface area contributed by atoms with E-state index in [0.29, 0.717) is 18.3 Å². The standard InChI is InChI=1S/C19H30N2O2.ClH/c1-15(2)11-14-23-18-6-4-17(5-7-18)21-19(22)8-3-16-9-12-20-13-10-16;/h4-7,15-16,20H,3,8-14H2,1-2H3,(H,21,22);1H. The summed E-state index contributed by atoms with van der Waals surface area (Å²) in [7, 11) is 0. The molecule has 24 heavy (non-hydrogen) atoms. The van der Waals surface area contributed by atoms with Gasteiger partial charge in [0.1, 0.15) is 5.75 Å². The second-order valence-corrected chi connectivity index (χ2v) is 6.84. The summed E-state index contributed by atoms with van der Waals surface area (Å²) in [6.45, 7) is 7.28. The number of amides is 1. The SMILES string of the molecule is CC(C)CCOc1ccc(NC(=O)CCC2CCNCC2)cc1.Cl. The molecule has 1 aliphatic rings. The van der Waals surface area contributed by atoms with Crippen molar-refractivity contribution in [1.82, 2.24) is 5.32 Å². The average Bonchev–Trinajstić information content (AvgIpc) is 2.55. The minimum absolute atomic E-state index is 0. The molecule has 0 radical (unpaired) electrons. The van der Waals surface area contributed by atoms with E-state index in [4.69, 9.17) is 4.74 Å². The number of hydrogen-bond donors (Lipinski definition) is 2. The monoisotopic (exact) mass is 354 g/mol. The number of halogens is 1. The largest absolute Gasteiger partial charge is 0.494 e. The second-order valence-electron chi connectivity index (χ2n) is 6.84. The minimum Gasteiger partial charge on any atom is -0.494 e. The Hall–Kier alpha value is -1.26. The topological polar surface area (TPSA) is 50.4 Å². The van der Waals surface area contributed by atoms with Gasteiger partial charge in [-0.1, -0.05) is 13.8 Å². The zero-order chi connectivity index (χ0) is 16.5. The number of benzene rings is 1. The van der Waals surface area contributed by atoms with Gasteiger partial charge < -0.3 is 15.4 Å². The molecule has 0 aromatic heterocycles. The van der Waals surface area contributed by atoms with Crippen molar-refractivity contribution in [2.45, 2.75) is 46.0 Å². The van der Waals surface area contributed by atoms with Crippen molar-refractivity contribution in [3.05, 3.63) is 24.3 Å². The van der Waals surface area contributed by atoms with E-state index in [9.17, 15) is 4.79 Å². The first-order chi connectivity index (χ1) is 11.1. The lowest BCUT2D eigenvalue weighted by Crippen LogP contribution is -2.28. The third-order valence-electron chi connectivity index (χ3n) is 4.34. The van der Waals surface area contributed by atoms with E-state index in [1.807, 2.05) is 24.3 Å². The lowest BCUT2D eigenvalue weighted by atomic mass is 9.93. The number of nitrogens with one attached hydrogen (secondary N) is 2. The molecule has 0 spiro atoms. The van der Waals surface area contributed by atoms with Crippen molar-refractivity contribution in [2.75, 3.05) is 25.0 Å². The summed E-state index contributed by atoms with van der Waals surface area (Å²) < 4.78 is 5.69. The van der Waals surface area contributed by atoms with Crippen LogP contribution in [0, 0.1) is 11.8 Å². The van der Waals surface area contributed by atoms with Gasteiger partial charge in [-0.15, -0.1) is 12.4 Å². The van der Waals surface area contributed by atoms with Crippen LogP contribution >= 0.6 is 12.4 Å². The first kappa shape index (κ1) is 20.8. The van der Waals surface area contributed by atoms with E-state index >= 15 is 0 Å². The fraction of sp³-hybridized carbons (Fsp3) is 0.632. The van der Waals surface area contributed by atoms with Crippen LogP contribution in [-0.4, -0.2) is 25.6 Å². The molecule has 0 atom stereocenters. The summed E-state index contributed by atoms with van der Waals surface area (Å²) in [5.41, 5.74) is 0.844. The Kier molecular flexibility index (Phi) is 9.80. The third-order valence-corrected chi connectivity index (χ3v) is 4.34. The molecule has 1 aliphatic heterocycles. The Balaban J connectivity index is 0.00000288. The molecular weight excluding hydrogens is 324 g/mol. The van der Waals surface area contributed by atoms with E-state index in [1.54, 1.807) is 0 Å². The maximum Gasteiger partial charge on any atom is 0.224 e.